The number of carbonyl (C=O) groups excluding carboxylic acids is 1. The van der Waals surface area contributed by atoms with E-state index in [1.807, 2.05) is 11.3 Å². The number of nitrogens with zero attached hydrogens (tertiary/aromatic N) is 5. The number of nitrogens with one attached hydrogen (secondary N) is 1. The van der Waals surface area contributed by atoms with E-state index in [1.54, 1.807) is 0 Å². The molecule has 144 valence electrons. The van der Waals surface area contributed by atoms with Gasteiger partial charge in [0.25, 0.3) is 5.91 Å². The van der Waals surface area contributed by atoms with Crippen molar-refractivity contribution in [3.05, 3.63) is 34.0 Å². The molecule has 0 radical (unpaired) electrons. The lowest BCUT2D eigenvalue weighted by atomic mass is 9.93. The summed E-state index contributed by atoms with van der Waals surface area (Å²) in [5.41, 5.74) is 0.0537. The minimum absolute atomic E-state index is 0.0537. The van der Waals surface area contributed by atoms with Gasteiger partial charge in [-0.25, -0.2) is 0 Å². The Morgan fingerprint density at radius 2 is 2.26 bits per heavy atom. The van der Waals surface area contributed by atoms with Crippen molar-refractivity contribution >= 4 is 17.2 Å². The standard InChI is InChI=1S/C19H26N6OS/c1-23-11-16-21-22-17(18(26)20-14-4-2-5-14)25(16)13-19(23)7-8-24(12-19)10-15-6-3-9-27-15/h3,6,9,14H,2,4-5,7-8,10-13H2,1H3,(H,20,26)/t19-/m1/s1. The third-order valence-corrected chi connectivity index (χ3v) is 7.34. The van der Waals surface area contributed by atoms with Crippen LogP contribution in [0, 0.1) is 0 Å². The van der Waals surface area contributed by atoms with Gasteiger partial charge in [-0.1, -0.05) is 6.07 Å². The Morgan fingerprint density at radius 3 is 3.00 bits per heavy atom. The Hall–Kier alpha value is -1.77. The summed E-state index contributed by atoms with van der Waals surface area (Å²) in [5.74, 6) is 1.33. The molecule has 1 N–H and O–H groups in total. The van der Waals surface area contributed by atoms with Crippen molar-refractivity contribution in [2.45, 2.75) is 56.9 Å². The number of thiophene rings is 1. The fourth-order valence-electron chi connectivity index (χ4n) is 4.52. The van der Waals surface area contributed by atoms with Crippen LogP contribution in [0.2, 0.25) is 0 Å². The van der Waals surface area contributed by atoms with E-state index in [4.69, 9.17) is 0 Å². The number of likely N-dealkylation sites (N-methyl/N-ethyl adjacent to an activating group) is 1. The molecule has 0 bridgehead atoms. The van der Waals surface area contributed by atoms with Crippen molar-refractivity contribution in [2.24, 2.45) is 0 Å². The highest BCUT2D eigenvalue weighted by Gasteiger charge is 2.46. The predicted octanol–water partition coefficient (Wildman–Crippen LogP) is 1.71. The number of aromatic nitrogens is 3. The molecule has 0 unspecified atom stereocenters. The molecule has 2 fully saturated rings. The zero-order valence-electron chi connectivity index (χ0n) is 15.7. The minimum Gasteiger partial charge on any atom is -0.347 e. The molecule has 1 spiro atoms. The van der Waals surface area contributed by atoms with Crippen molar-refractivity contribution in [1.29, 1.82) is 0 Å². The second-order valence-corrected chi connectivity index (χ2v) is 9.28. The van der Waals surface area contributed by atoms with Crippen LogP contribution in [0.1, 0.15) is 47.0 Å². The number of fused-ring (bicyclic) bond motifs is 1. The van der Waals surface area contributed by atoms with Crippen molar-refractivity contribution in [1.82, 2.24) is 29.9 Å². The van der Waals surface area contributed by atoms with E-state index in [9.17, 15) is 4.79 Å². The average Bonchev–Trinajstić information content (AvgIpc) is 3.34. The lowest BCUT2D eigenvalue weighted by Gasteiger charge is -2.43. The molecular formula is C19H26N6OS. The summed E-state index contributed by atoms with van der Waals surface area (Å²) in [6.07, 6.45) is 4.47. The first-order chi connectivity index (χ1) is 13.1. The van der Waals surface area contributed by atoms with Gasteiger partial charge < -0.3 is 9.88 Å². The number of amides is 1. The number of hydrogen-bond donors (Lipinski definition) is 1. The third-order valence-electron chi connectivity index (χ3n) is 6.48. The first-order valence-corrected chi connectivity index (χ1v) is 10.7. The van der Waals surface area contributed by atoms with Crippen molar-refractivity contribution in [2.75, 3.05) is 20.1 Å². The van der Waals surface area contributed by atoms with Crippen molar-refractivity contribution < 1.29 is 4.79 Å². The number of rotatable bonds is 4. The number of hydrogen-bond acceptors (Lipinski definition) is 6. The van der Waals surface area contributed by atoms with Crippen LogP contribution in [0.25, 0.3) is 0 Å². The number of carbonyl (C=O) groups is 1. The predicted molar refractivity (Wildman–Crippen MR) is 104 cm³/mol. The first kappa shape index (κ1) is 17.3. The molecule has 2 aromatic rings. The summed E-state index contributed by atoms with van der Waals surface area (Å²) in [5, 5.41) is 13.8. The van der Waals surface area contributed by atoms with Crippen LogP contribution < -0.4 is 5.32 Å². The molecule has 2 aromatic heterocycles. The van der Waals surface area contributed by atoms with Crippen LogP contribution in [0.4, 0.5) is 0 Å². The summed E-state index contributed by atoms with van der Waals surface area (Å²) < 4.78 is 2.07. The molecule has 2 aliphatic heterocycles. The van der Waals surface area contributed by atoms with Crippen LogP contribution in [-0.2, 0) is 19.6 Å². The van der Waals surface area contributed by atoms with Crippen molar-refractivity contribution in [3.63, 3.8) is 0 Å². The van der Waals surface area contributed by atoms with E-state index in [0.717, 1.165) is 57.8 Å². The third kappa shape index (κ3) is 3.09. The molecule has 4 heterocycles. The molecule has 1 aliphatic carbocycles. The topological polar surface area (TPSA) is 66.3 Å². The van der Waals surface area contributed by atoms with E-state index in [1.165, 1.54) is 11.3 Å². The van der Waals surface area contributed by atoms with Crippen molar-refractivity contribution in [3.8, 4) is 0 Å². The Morgan fingerprint density at radius 1 is 1.37 bits per heavy atom. The van der Waals surface area contributed by atoms with Gasteiger partial charge in [-0.05, 0) is 44.2 Å². The number of likely N-dealkylation sites (tertiary alicyclic amines) is 1. The molecule has 27 heavy (non-hydrogen) atoms. The highest BCUT2D eigenvalue weighted by atomic mass is 32.1. The van der Waals surface area contributed by atoms with Crippen LogP contribution in [-0.4, -0.2) is 62.2 Å². The van der Waals surface area contributed by atoms with E-state index < -0.39 is 0 Å². The van der Waals surface area contributed by atoms with Crippen LogP contribution in [0.5, 0.6) is 0 Å². The Kier molecular flexibility index (Phi) is 4.29. The molecule has 0 aromatic carbocycles. The van der Waals surface area contributed by atoms with Gasteiger partial charge in [-0.15, -0.1) is 21.5 Å². The summed E-state index contributed by atoms with van der Waals surface area (Å²) in [6, 6.07) is 4.65. The van der Waals surface area contributed by atoms with Crippen LogP contribution >= 0.6 is 11.3 Å². The first-order valence-electron chi connectivity index (χ1n) is 9.82. The SMILES string of the molecule is CN1Cc2nnc(C(=O)NC3CCC3)n2C[C@]12CCN(Cc1cccs1)C2. The Labute approximate surface area is 163 Å². The highest BCUT2D eigenvalue weighted by molar-refractivity contribution is 7.09. The summed E-state index contributed by atoms with van der Waals surface area (Å²) in [7, 11) is 2.18. The Balaban J connectivity index is 1.34. The maximum Gasteiger partial charge on any atom is 0.289 e. The Bertz CT molecular complexity index is 829. The lowest BCUT2D eigenvalue weighted by Crippen LogP contribution is -2.55. The molecule has 1 saturated carbocycles. The maximum absolute atomic E-state index is 12.7. The smallest absolute Gasteiger partial charge is 0.289 e. The molecular weight excluding hydrogens is 360 g/mol. The average molecular weight is 387 g/mol. The fourth-order valence-corrected chi connectivity index (χ4v) is 5.27. The van der Waals surface area contributed by atoms with E-state index in [2.05, 4.69) is 54.4 Å². The largest absolute Gasteiger partial charge is 0.347 e. The van der Waals surface area contributed by atoms with Gasteiger partial charge in [-0.2, -0.15) is 0 Å². The monoisotopic (exact) mass is 386 g/mol. The molecule has 1 atom stereocenters. The van der Waals surface area contributed by atoms with E-state index >= 15 is 0 Å². The van der Waals surface area contributed by atoms with Crippen LogP contribution in [0.3, 0.4) is 0 Å². The normalized spacial score (nSPS) is 26.3. The van der Waals surface area contributed by atoms with E-state index in [0.29, 0.717) is 11.9 Å². The lowest BCUT2D eigenvalue weighted by molar-refractivity contribution is 0.0646. The van der Waals surface area contributed by atoms with E-state index in [-0.39, 0.29) is 11.4 Å². The van der Waals surface area contributed by atoms with Gasteiger partial charge in [0.15, 0.2) is 0 Å². The van der Waals surface area contributed by atoms with Crippen LogP contribution in [0.15, 0.2) is 17.5 Å². The molecule has 1 amide bonds. The van der Waals surface area contributed by atoms with Gasteiger partial charge in [0.1, 0.15) is 5.82 Å². The molecule has 7 nitrogen and oxygen atoms in total. The molecule has 3 aliphatic rings. The zero-order chi connectivity index (χ0) is 18.4. The molecule has 5 rings (SSSR count). The second-order valence-electron chi connectivity index (χ2n) is 8.25. The van der Waals surface area contributed by atoms with Gasteiger partial charge in [-0.3, -0.25) is 14.6 Å². The fraction of sp³-hybridized carbons (Fsp3) is 0.632. The summed E-state index contributed by atoms with van der Waals surface area (Å²) in [6.45, 7) is 4.65. The van der Waals surface area contributed by atoms with Gasteiger partial charge in [0.2, 0.25) is 5.82 Å². The highest BCUT2D eigenvalue weighted by Crippen LogP contribution is 2.35. The molecule has 1 saturated heterocycles. The quantitative estimate of drug-likeness (QED) is 0.867. The summed E-state index contributed by atoms with van der Waals surface area (Å²) in [4.78, 5) is 19.0. The molecule has 8 heteroatoms. The maximum atomic E-state index is 12.7. The minimum atomic E-state index is -0.0633. The zero-order valence-corrected chi connectivity index (χ0v) is 16.5. The second kappa shape index (κ2) is 6.68. The summed E-state index contributed by atoms with van der Waals surface area (Å²) >= 11 is 1.82. The van der Waals surface area contributed by atoms with Gasteiger partial charge >= 0.3 is 0 Å². The van der Waals surface area contributed by atoms with Gasteiger partial charge in [0, 0.05) is 37.1 Å². The van der Waals surface area contributed by atoms with Gasteiger partial charge in [0.05, 0.1) is 12.1 Å².